The highest BCUT2D eigenvalue weighted by molar-refractivity contribution is 5.90. The van der Waals surface area contributed by atoms with Crippen molar-refractivity contribution in [3.63, 3.8) is 0 Å². The molecule has 5 nitrogen and oxygen atoms in total. The molecule has 114 valence electrons. The minimum atomic E-state index is -0.301. The van der Waals surface area contributed by atoms with E-state index in [1.54, 1.807) is 24.3 Å². The van der Waals surface area contributed by atoms with Gasteiger partial charge in [-0.25, -0.2) is 9.37 Å². The molecule has 0 aliphatic heterocycles. The Bertz CT molecular complexity index is 699. The second kappa shape index (κ2) is 6.80. The van der Waals surface area contributed by atoms with Gasteiger partial charge in [0.15, 0.2) is 0 Å². The highest BCUT2D eigenvalue weighted by Crippen LogP contribution is 2.20. The van der Waals surface area contributed by atoms with Crippen molar-refractivity contribution in [2.45, 2.75) is 20.3 Å². The Hall–Kier alpha value is -2.76. The molecule has 0 saturated heterocycles. The van der Waals surface area contributed by atoms with E-state index in [0.717, 1.165) is 11.1 Å². The number of anilines is 2. The molecule has 1 aromatic heterocycles. The molecule has 1 aromatic carbocycles. The number of benzene rings is 1. The maximum Gasteiger partial charge on any atom is 0.222 e. The Kier molecular flexibility index (Phi) is 4.83. The molecule has 22 heavy (non-hydrogen) atoms. The monoisotopic (exact) mass is 301 g/mol. The smallest absolute Gasteiger partial charge is 0.222 e. The third kappa shape index (κ3) is 4.37. The number of hydrogen-bond donors (Lipinski definition) is 2. The zero-order chi connectivity index (χ0) is 16.1. The molecule has 0 aliphatic rings. The van der Waals surface area contributed by atoms with Gasteiger partial charge in [0.25, 0.3) is 0 Å². The summed E-state index contributed by atoms with van der Waals surface area (Å²) in [6, 6.07) is 9.54. The second-order valence-corrected chi connectivity index (χ2v) is 4.87. The fourth-order valence-corrected chi connectivity index (χ4v) is 1.98. The van der Waals surface area contributed by atoms with Crippen LogP contribution in [0.25, 0.3) is 0 Å². The summed E-state index contributed by atoms with van der Waals surface area (Å²) >= 11 is 0. The molecule has 2 amide bonds. The third-order valence-corrected chi connectivity index (χ3v) is 2.89. The molecule has 0 saturated carbocycles. The fourth-order valence-electron chi connectivity index (χ4n) is 1.98. The first-order valence-electron chi connectivity index (χ1n) is 6.73. The topological polar surface area (TPSA) is 71.1 Å². The first-order valence-corrected chi connectivity index (χ1v) is 6.73. The summed E-state index contributed by atoms with van der Waals surface area (Å²) in [6.45, 7) is 2.76. The summed E-state index contributed by atoms with van der Waals surface area (Å²) < 4.78 is 12.9. The van der Waals surface area contributed by atoms with Crippen molar-refractivity contribution in [3.8, 4) is 0 Å². The molecule has 0 spiro atoms. The van der Waals surface area contributed by atoms with E-state index < -0.39 is 0 Å². The summed E-state index contributed by atoms with van der Waals surface area (Å²) in [6.07, 6.45) is 0.489. The molecular weight excluding hydrogens is 285 g/mol. The number of halogens is 1. The second-order valence-electron chi connectivity index (χ2n) is 4.87. The van der Waals surface area contributed by atoms with Gasteiger partial charge in [-0.2, -0.15) is 0 Å². The highest BCUT2D eigenvalue weighted by Gasteiger charge is 2.09. The van der Waals surface area contributed by atoms with Crippen LogP contribution in [0.1, 0.15) is 25.0 Å². The molecule has 0 fully saturated rings. The van der Waals surface area contributed by atoms with Crippen molar-refractivity contribution in [3.05, 3.63) is 53.3 Å². The maximum atomic E-state index is 12.9. The van der Waals surface area contributed by atoms with E-state index in [1.807, 2.05) is 0 Å². The maximum absolute atomic E-state index is 12.9. The van der Waals surface area contributed by atoms with Gasteiger partial charge in [-0.15, -0.1) is 0 Å². The lowest BCUT2D eigenvalue weighted by Gasteiger charge is -2.11. The summed E-state index contributed by atoms with van der Waals surface area (Å²) in [5.74, 6) is -0.0625. The molecule has 0 atom stereocenters. The van der Waals surface area contributed by atoms with Crippen LogP contribution in [0.3, 0.4) is 0 Å². The van der Waals surface area contributed by atoms with Crippen molar-refractivity contribution < 1.29 is 14.0 Å². The highest BCUT2D eigenvalue weighted by atomic mass is 19.1. The Morgan fingerprint density at radius 2 is 1.64 bits per heavy atom. The van der Waals surface area contributed by atoms with Gasteiger partial charge >= 0.3 is 0 Å². The lowest BCUT2D eigenvalue weighted by Crippen LogP contribution is -2.13. The minimum Gasteiger partial charge on any atom is -0.311 e. The fraction of sp³-hybridized carbons (Fsp3) is 0.188. The number of nitrogens with zero attached hydrogens (tertiary/aromatic N) is 1. The predicted octanol–water partition coefficient (Wildman–Crippen LogP) is 2.73. The van der Waals surface area contributed by atoms with E-state index >= 15 is 0 Å². The first kappa shape index (κ1) is 15.6. The predicted molar refractivity (Wildman–Crippen MR) is 82.1 cm³/mol. The molecule has 2 rings (SSSR count). The lowest BCUT2D eigenvalue weighted by molar-refractivity contribution is -0.115. The van der Waals surface area contributed by atoms with Crippen LogP contribution in [0.5, 0.6) is 0 Å². The van der Waals surface area contributed by atoms with Crippen LogP contribution in [0.15, 0.2) is 36.4 Å². The zero-order valence-electron chi connectivity index (χ0n) is 12.3. The Labute approximate surface area is 127 Å². The van der Waals surface area contributed by atoms with E-state index in [9.17, 15) is 14.0 Å². The Morgan fingerprint density at radius 3 is 2.23 bits per heavy atom. The van der Waals surface area contributed by atoms with Gasteiger partial charge in [-0.1, -0.05) is 18.2 Å². The number of aromatic nitrogens is 1. The largest absolute Gasteiger partial charge is 0.311 e. The number of carbonyl (C=O) groups excluding carboxylic acids is 2. The van der Waals surface area contributed by atoms with Crippen LogP contribution in [-0.4, -0.2) is 16.8 Å². The van der Waals surface area contributed by atoms with Crippen LogP contribution in [-0.2, 0) is 16.0 Å². The van der Waals surface area contributed by atoms with Gasteiger partial charge in [-0.05, 0) is 29.3 Å². The molecule has 0 radical (unpaired) electrons. The number of hydrogen-bond acceptors (Lipinski definition) is 3. The molecule has 0 unspecified atom stereocenters. The van der Waals surface area contributed by atoms with Crippen LogP contribution < -0.4 is 10.6 Å². The molecule has 0 aliphatic carbocycles. The quantitative estimate of drug-likeness (QED) is 0.912. The minimum absolute atomic E-state index is 0.243. The molecule has 1 heterocycles. The number of pyridine rings is 1. The van der Waals surface area contributed by atoms with Crippen LogP contribution >= 0.6 is 0 Å². The average molecular weight is 301 g/mol. The number of nitrogens with one attached hydrogen (secondary N) is 2. The SMILES string of the molecule is CC(=O)Nc1ccc(Cc2ccc(F)cc2)c(NC(C)=O)n1. The summed E-state index contributed by atoms with van der Waals surface area (Å²) in [5.41, 5.74) is 1.66. The molecule has 6 heteroatoms. The number of carbonyl (C=O) groups is 2. The van der Waals surface area contributed by atoms with Crippen LogP contribution in [0.2, 0.25) is 0 Å². The molecular formula is C16H16FN3O2. The standard InChI is InChI=1S/C16H16FN3O2/c1-10(21)18-15-8-5-13(16(20-15)19-11(2)22)9-12-3-6-14(17)7-4-12/h3-8H,9H2,1-2H3,(H2,18,19,20,21,22). The normalized spacial score (nSPS) is 10.1. The van der Waals surface area contributed by atoms with Crippen molar-refractivity contribution in [2.24, 2.45) is 0 Å². The van der Waals surface area contributed by atoms with Crippen molar-refractivity contribution in [1.29, 1.82) is 0 Å². The molecule has 0 bridgehead atoms. The van der Waals surface area contributed by atoms with E-state index in [4.69, 9.17) is 0 Å². The summed E-state index contributed by atoms with van der Waals surface area (Å²) in [4.78, 5) is 26.6. The van der Waals surface area contributed by atoms with Crippen LogP contribution in [0.4, 0.5) is 16.0 Å². The van der Waals surface area contributed by atoms with E-state index in [1.165, 1.54) is 26.0 Å². The molecule has 2 N–H and O–H groups in total. The van der Waals surface area contributed by atoms with Gasteiger partial charge in [0, 0.05) is 20.3 Å². The van der Waals surface area contributed by atoms with Crippen molar-refractivity contribution >= 4 is 23.5 Å². The Morgan fingerprint density at radius 1 is 1.00 bits per heavy atom. The summed E-state index contributed by atoms with van der Waals surface area (Å²) in [7, 11) is 0. The third-order valence-electron chi connectivity index (χ3n) is 2.89. The number of rotatable bonds is 4. The number of amides is 2. The molecule has 2 aromatic rings. The van der Waals surface area contributed by atoms with E-state index in [2.05, 4.69) is 15.6 Å². The van der Waals surface area contributed by atoms with Crippen molar-refractivity contribution in [2.75, 3.05) is 10.6 Å². The zero-order valence-corrected chi connectivity index (χ0v) is 12.3. The average Bonchev–Trinajstić information content (AvgIpc) is 2.43. The van der Waals surface area contributed by atoms with Gasteiger partial charge in [0.2, 0.25) is 11.8 Å². The van der Waals surface area contributed by atoms with Crippen molar-refractivity contribution in [1.82, 2.24) is 4.98 Å². The van der Waals surface area contributed by atoms with Gasteiger partial charge in [0.1, 0.15) is 17.5 Å². The van der Waals surface area contributed by atoms with E-state index in [0.29, 0.717) is 18.1 Å². The van der Waals surface area contributed by atoms with E-state index in [-0.39, 0.29) is 17.6 Å². The van der Waals surface area contributed by atoms with Crippen LogP contribution in [0, 0.1) is 5.82 Å². The Balaban J connectivity index is 2.30. The van der Waals surface area contributed by atoms with Gasteiger partial charge in [0.05, 0.1) is 0 Å². The summed E-state index contributed by atoms with van der Waals surface area (Å²) in [5, 5.41) is 5.21. The van der Waals surface area contributed by atoms with Gasteiger partial charge < -0.3 is 10.6 Å². The lowest BCUT2D eigenvalue weighted by atomic mass is 10.1. The van der Waals surface area contributed by atoms with Gasteiger partial charge in [-0.3, -0.25) is 9.59 Å². The first-order chi connectivity index (χ1) is 10.4.